The molecule has 0 radical (unpaired) electrons. The molecule has 7 nitrogen and oxygen atoms in total. The Morgan fingerprint density at radius 2 is 2.10 bits per heavy atom. The highest BCUT2D eigenvalue weighted by atomic mass is 31.1. The van der Waals surface area contributed by atoms with Crippen molar-refractivity contribution in [2.24, 2.45) is 0 Å². The summed E-state index contributed by atoms with van der Waals surface area (Å²) in [7, 11) is 1.85. The summed E-state index contributed by atoms with van der Waals surface area (Å²) in [6.07, 6.45) is 0. The first-order chi connectivity index (χ1) is 4.66. The van der Waals surface area contributed by atoms with E-state index >= 15 is 0 Å². The summed E-state index contributed by atoms with van der Waals surface area (Å²) < 4.78 is 0. The quantitative estimate of drug-likeness (QED) is 0.447. The predicted octanol–water partition coefficient (Wildman–Crippen LogP) is -0.278. The SMILES string of the molecule is CONON([O-])PN(C)[O-]. The zero-order valence-electron chi connectivity index (χ0n) is 5.53. The van der Waals surface area contributed by atoms with Crippen molar-refractivity contribution >= 4 is 8.88 Å². The van der Waals surface area contributed by atoms with Crippen LogP contribution in [0.4, 0.5) is 0 Å². The monoisotopic (exact) mass is 169 g/mol. The lowest BCUT2D eigenvalue weighted by Gasteiger charge is -2.32. The molecule has 0 saturated carbocycles. The van der Waals surface area contributed by atoms with Gasteiger partial charge in [-0.3, -0.25) is 4.84 Å². The van der Waals surface area contributed by atoms with Gasteiger partial charge in [0.25, 0.3) is 0 Å². The molecule has 0 fully saturated rings. The van der Waals surface area contributed by atoms with Crippen molar-refractivity contribution in [2.45, 2.75) is 0 Å². The Morgan fingerprint density at radius 1 is 1.50 bits per heavy atom. The van der Waals surface area contributed by atoms with Crippen LogP contribution in [0.25, 0.3) is 0 Å². The van der Waals surface area contributed by atoms with Gasteiger partial charge in [-0.2, -0.15) is 4.94 Å². The minimum Gasteiger partial charge on any atom is -0.781 e. The summed E-state index contributed by atoms with van der Waals surface area (Å²) in [5.41, 5.74) is 1.81. The van der Waals surface area contributed by atoms with Crippen LogP contribution in [0, 0.1) is 10.4 Å². The number of hydroxylamine groups is 1. The molecule has 1 N–H and O–H groups in total. The van der Waals surface area contributed by atoms with E-state index in [9.17, 15) is 10.4 Å². The maximum atomic E-state index is 10.3. The van der Waals surface area contributed by atoms with Crippen LogP contribution in [0.3, 0.4) is 0 Å². The molecule has 1 unspecified atom stereocenters. The van der Waals surface area contributed by atoms with E-state index in [4.69, 9.17) is 0 Å². The van der Waals surface area contributed by atoms with Crippen molar-refractivity contribution in [3.05, 3.63) is 10.4 Å². The molecule has 0 aromatic carbocycles. The molecule has 1 atom stereocenters. The summed E-state index contributed by atoms with van der Waals surface area (Å²) in [6.45, 7) is 0. The van der Waals surface area contributed by atoms with Gasteiger partial charge >= 0.3 is 0 Å². The summed E-state index contributed by atoms with van der Waals surface area (Å²) in [5, 5.41) is 20.5. The van der Waals surface area contributed by atoms with Gasteiger partial charge in [0, 0.05) is 8.88 Å². The first kappa shape index (κ1) is 10.2. The molecule has 0 aromatic heterocycles. The predicted molar refractivity (Wildman–Crippen MR) is 35.9 cm³/mol. The van der Waals surface area contributed by atoms with E-state index < -0.39 is 8.88 Å². The average Bonchev–Trinajstić information content (AvgIpc) is 1.82. The lowest BCUT2D eigenvalue weighted by atomic mass is 11.6. The Kier molecular flexibility index (Phi) is 5.99. The molecule has 0 amide bonds. The molecule has 8 heteroatoms. The summed E-state index contributed by atoms with van der Waals surface area (Å²) in [4.78, 5) is 8.74. The minimum absolute atomic E-state index is 0.0660. The van der Waals surface area contributed by atoms with Crippen molar-refractivity contribution in [3.63, 3.8) is 0 Å². The third kappa shape index (κ3) is 6.27. The van der Waals surface area contributed by atoms with Gasteiger partial charge in [-0.1, -0.05) is 5.64 Å². The standard InChI is InChI=1S/C2H8N3O4P/c1-4(6)10-5(7)9-3-8-2/h3,10H,1-2H3/q-2. The Hall–Kier alpha value is 0.150. The summed E-state index contributed by atoms with van der Waals surface area (Å²) >= 11 is 0. The second-order valence-electron chi connectivity index (χ2n) is 1.23. The highest BCUT2D eigenvalue weighted by Gasteiger charge is 1.87. The van der Waals surface area contributed by atoms with Crippen LogP contribution in [0.2, 0.25) is 0 Å². The topological polar surface area (TPSA) is 83.1 Å². The van der Waals surface area contributed by atoms with Crippen LogP contribution in [0.15, 0.2) is 0 Å². The Labute approximate surface area is 59.8 Å². The number of hydrogen-bond acceptors (Lipinski definition) is 7. The van der Waals surface area contributed by atoms with Gasteiger partial charge in [-0.05, 0) is 7.05 Å². The molecule has 0 rings (SSSR count). The number of nitrogens with zero attached hydrogens (tertiary/aromatic N) is 2. The van der Waals surface area contributed by atoms with E-state index in [0.29, 0.717) is 4.83 Å². The molecular weight excluding hydrogens is 161 g/mol. The highest BCUT2D eigenvalue weighted by Crippen LogP contribution is 2.17. The van der Waals surface area contributed by atoms with Crippen LogP contribution < -0.4 is 5.64 Å². The molecular formula is C2H8N3O4P-2. The first-order valence-electron chi connectivity index (χ1n) is 2.26. The van der Waals surface area contributed by atoms with E-state index in [1.807, 2.05) is 5.64 Å². The molecule has 0 heterocycles. The maximum absolute atomic E-state index is 10.3. The van der Waals surface area contributed by atoms with Crippen molar-refractivity contribution < 1.29 is 9.78 Å². The van der Waals surface area contributed by atoms with E-state index in [2.05, 4.69) is 9.78 Å². The van der Waals surface area contributed by atoms with Crippen LogP contribution in [-0.4, -0.2) is 24.0 Å². The molecule has 0 aromatic rings. The molecule has 0 aliphatic carbocycles. The Balaban J connectivity index is 3.16. The van der Waals surface area contributed by atoms with Crippen molar-refractivity contribution in [1.82, 2.24) is 15.5 Å². The third-order valence-electron chi connectivity index (χ3n) is 0.426. The number of hydrogen-bond donors (Lipinski definition) is 1. The fourth-order valence-corrected chi connectivity index (χ4v) is 0.515. The van der Waals surface area contributed by atoms with Crippen LogP contribution in [0.5, 0.6) is 0 Å². The lowest BCUT2D eigenvalue weighted by molar-refractivity contribution is -0.237. The smallest absolute Gasteiger partial charge is 0.0599 e. The summed E-state index contributed by atoms with van der Waals surface area (Å²) in [5.74, 6) is 0. The zero-order chi connectivity index (χ0) is 7.98. The normalized spacial score (nSPS) is 12.6. The zero-order valence-corrected chi connectivity index (χ0v) is 6.53. The molecule has 0 aliphatic rings. The third-order valence-corrected chi connectivity index (χ3v) is 0.962. The van der Waals surface area contributed by atoms with E-state index in [0.717, 1.165) is 0 Å². The van der Waals surface area contributed by atoms with Crippen LogP contribution in [0.1, 0.15) is 0 Å². The fourth-order valence-electron chi connectivity index (χ4n) is 0.207. The maximum Gasteiger partial charge on any atom is 0.0599 e. The number of nitrogens with one attached hydrogen (secondary N) is 1. The molecule has 0 bridgehead atoms. The van der Waals surface area contributed by atoms with Gasteiger partial charge in [0.1, 0.15) is 0 Å². The van der Waals surface area contributed by atoms with Gasteiger partial charge in [0.15, 0.2) is 0 Å². The van der Waals surface area contributed by atoms with Gasteiger partial charge < -0.3 is 15.2 Å². The highest BCUT2D eigenvalue weighted by molar-refractivity contribution is 7.32. The van der Waals surface area contributed by atoms with E-state index in [1.54, 1.807) is 0 Å². The Bertz CT molecular complexity index is 82.9. The van der Waals surface area contributed by atoms with Crippen molar-refractivity contribution in [1.29, 1.82) is 0 Å². The molecule has 0 aliphatic heterocycles. The molecule has 62 valence electrons. The van der Waals surface area contributed by atoms with E-state index in [1.165, 1.54) is 14.2 Å². The van der Waals surface area contributed by atoms with Crippen LogP contribution in [-0.2, 0) is 9.78 Å². The van der Waals surface area contributed by atoms with Crippen LogP contribution >= 0.6 is 8.88 Å². The van der Waals surface area contributed by atoms with Gasteiger partial charge in [0.2, 0.25) is 0 Å². The molecule has 0 saturated heterocycles. The van der Waals surface area contributed by atoms with Gasteiger partial charge in [-0.15, -0.1) is 0 Å². The second kappa shape index (κ2) is 5.90. The molecule has 10 heavy (non-hydrogen) atoms. The van der Waals surface area contributed by atoms with Crippen molar-refractivity contribution in [3.8, 4) is 0 Å². The summed E-state index contributed by atoms with van der Waals surface area (Å²) in [6, 6.07) is 0. The fraction of sp³-hybridized carbons (Fsp3) is 1.00. The average molecular weight is 169 g/mol. The minimum atomic E-state index is -0.637. The largest absolute Gasteiger partial charge is 0.781 e. The van der Waals surface area contributed by atoms with E-state index in [-0.39, 0.29) is 5.00 Å². The number of rotatable bonds is 5. The van der Waals surface area contributed by atoms with Gasteiger partial charge in [-0.25, -0.2) is 5.00 Å². The molecule has 0 spiro atoms. The van der Waals surface area contributed by atoms with Gasteiger partial charge in [0.05, 0.1) is 7.11 Å². The second-order valence-corrected chi connectivity index (χ2v) is 2.43. The van der Waals surface area contributed by atoms with Crippen molar-refractivity contribution in [2.75, 3.05) is 14.2 Å². The Morgan fingerprint density at radius 3 is 2.50 bits per heavy atom. The lowest BCUT2D eigenvalue weighted by Crippen LogP contribution is -2.22. The first-order valence-corrected chi connectivity index (χ1v) is 3.15.